The first-order chi connectivity index (χ1) is 28.9. The molecule has 254 valence electrons. The number of amides is 1. The van der Waals surface area contributed by atoms with Gasteiger partial charge in [0, 0.05) is 41.9 Å². The van der Waals surface area contributed by atoms with Gasteiger partial charge in [0.15, 0.2) is 5.16 Å². The highest BCUT2D eigenvalue weighted by Crippen LogP contribution is 2.34. The molecule has 1 aliphatic rings. The van der Waals surface area contributed by atoms with Crippen LogP contribution in [0.5, 0.6) is 0 Å². The summed E-state index contributed by atoms with van der Waals surface area (Å²) in [5, 5.41) is -0.456. The van der Waals surface area contributed by atoms with Crippen molar-refractivity contribution in [2.75, 3.05) is 26.1 Å². The minimum absolute atomic E-state index is 0.0875. The Hall–Kier alpha value is -3.96. The van der Waals surface area contributed by atoms with Crippen molar-refractivity contribution in [1.82, 2.24) is 19.4 Å². The Kier molecular flexibility index (Phi) is 6.63. The van der Waals surface area contributed by atoms with Crippen LogP contribution in [-0.2, 0) is 42.6 Å². The average Bonchev–Trinajstić information content (AvgIpc) is 3.67. The number of rotatable bonds is 13. The predicted molar refractivity (Wildman–Crippen MR) is 181 cm³/mol. The van der Waals surface area contributed by atoms with Crippen molar-refractivity contribution in [3.63, 3.8) is 0 Å². The normalized spacial score (nSPS) is 18.5. The lowest BCUT2D eigenvalue weighted by atomic mass is 9.98. The van der Waals surface area contributed by atoms with Crippen LogP contribution in [0.15, 0.2) is 76.5 Å². The number of alkyl halides is 3. The molecule has 0 saturated heterocycles. The number of halogens is 4. The van der Waals surface area contributed by atoms with Crippen LogP contribution in [0.25, 0.3) is 11.1 Å². The van der Waals surface area contributed by atoms with Crippen molar-refractivity contribution in [1.29, 1.82) is 0 Å². The zero-order valence-electron chi connectivity index (χ0n) is 41.1. The van der Waals surface area contributed by atoms with Gasteiger partial charge >= 0.3 is 6.18 Å². The molecule has 0 radical (unpaired) electrons. The van der Waals surface area contributed by atoms with Crippen molar-refractivity contribution in [2.24, 2.45) is 0 Å². The largest absolute Gasteiger partial charge is 0.416 e. The second-order valence-corrected chi connectivity index (χ2v) is 11.3. The highest BCUT2D eigenvalue weighted by Gasteiger charge is 2.32. The average molecular weight is 696 g/mol. The summed E-state index contributed by atoms with van der Waals surface area (Å²) in [6, 6.07) is -4.80. The van der Waals surface area contributed by atoms with Crippen molar-refractivity contribution >= 4 is 17.7 Å². The van der Waals surface area contributed by atoms with E-state index in [1.807, 2.05) is 0 Å². The molecule has 0 N–H and O–H groups in total. The van der Waals surface area contributed by atoms with Crippen molar-refractivity contribution in [2.45, 2.75) is 70.1 Å². The molecule has 4 aromatic rings. The number of thioether (sulfide) groups is 1. The van der Waals surface area contributed by atoms with E-state index in [-0.39, 0.29) is 47.7 Å². The number of carbonyl (C=O) groups excluding carboxylic acids is 1. The molecule has 5 rings (SSSR count). The second-order valence-electron chi connectivity index (χ2n) is 10.5. The quantitative estimate of drug-likeness (QED) is 0.0823. The predicted octanol–water partition coefficient (Wildman–Crippen LogP) is 7.53. The fraction of sp³-hybridized carbons (Fsp3) is 0.378. The molecule has 0 atom stereocenters. The molecule has 0 saturated carbocycles. The van der Waals surface area contributed by atoms with E-state index in [2.05, 4.69) is 4.98 Å². The summed E-state index contributed by atoms with van der Waals surface area (Å²) >= 11 is 0.315. The fourth-order valence-electron chi connectivity index (χ4n) is 4.82. The summed E-state index contributed by atoms with van der Waals surface area (Å²) in [7, 11) is 0. The van der Waals surface area contributed by atoms with Gasteiger partial charge in [-0.25, -0.2) is 4.39 Å². The van der Waals surface area contributed by atoms with Gasteiger partial charge in [0.1, 0.15) is 12.4 Å². The van der Waals surface area contributed by atoms with Gasteiger partial charge in [0.2, 0.25) is 5.91 Å². The molecule has 1 aliphatic carbocycles. The molecule has 6 nitrogen and oxygen atoms in total. The van der Waals surface area contributed by atoms with Crippen LogP contribution in [-0.4, -0.2) is 51.3 Å². The Bertz CT molecular complexity index is 2480. The lowest BCUT2D eigenvalue weighted by Crippen LogP contribution is -2.40. The highest BCUT2D eigenvalue weighted by molar-refractivity contribution is 7.98. The fourth-order valence-corrected chi connectivity index (χ4v) is 5.58. The van der Waals surface area contributed by atoms with Crippen LogP contribution in [0.3, 0.4) is 0 Å². The third-order valence-electron chi connectivity index (χ3n) is 7.31. The van der Waals surface area contributed by atoms with E-state index in [0.29, 0.717) is 18.2 Å². The molecule has 1 amide bonds. The molecule has 1 heterocycles. The topological polar surface area (TPSA) is 58.4 Å². The first-order valence-corrected chi connectivity index (χ1v) is 15.7. The number of hydrogen-bond acceptors (Lipinski definition) is 5. The lowest BCUT2D eigenvalue weighted by Gasteiger charge is -2.28. The van der Waals surface area contributed by atoms with Gasteiger partial charge in [-0.3, -0.25) is 9.59 Å². The van der Waals surface area contributed by atoms with Gasteiger partial charge in [0.05, 0.1) is 20.6 Å². The molecular formula is C37H40F4N4O2S. The number of carbonyl (C=O) groups is 1. The molecule has 0 bridgehead atoms. The number of aromatic nitrogens is 2. The Labute approximate surface area is 303 Å². The summed E-state index contributed by atoms with van der Waals surface area (Å²) < 4.78 is 189. The molecule has 3 aromatic carbocycles. The van der Waals surface area contributed by atoms with Crippen molar-refractivity contribution < 1.29 is 42.9 Å². The zero-order valence-corrected chi connectivity index (χ0v) is 26.9. The van der Waals surface area contributed by atoms with E-state index < -0.39 is 130 Å². The minimum atomic E-state index is -5.20. The summed E-state index contributed by atoms with van der Waals surface area (Å²) in [4.78, 5) is 32.8. The molecule has 0 aliphatic heterocycles. The van der Waals surface area contributed by atoms with Gasteiger partial charge in [-0.2, -0.15) is 18.2 Å². The van der Waals surface area contributed by atoms with Crippen molar-refractivity contribution in [3.05, 3.63) is 116 Å². The van der Waals surface area contributed by atoms with Gasteiger partial charge < -0.3 is 14.4 Å². The van der Waals surface area contributed by atoms with E-state index in [1.54, 1.807) is 0 Å². The van der Waals surface area contributed by atoms with Gasteiger partial charge in [-0.1, -0.05) is 74.0 Å². The Balaban J connectivity index is 1.77. The van der Waals surface area contributed by atoms with E-state index in [0.717, 1.165) is 40.7 Å². The molecule has 0 spiro atoms. The van der Waals surface area contributed by atoms with E-state index in [4.69, 9.17) is 15.1 Å². The van der Waals surface area contributed by atoms with E-state index in [1.165, 1.54) is 13.8 Å². The van der Waals surface area contributed by atoms with Gasteiger partial charge in [0.25, 0.3) is 5.56 Å². The first kappa shape index (κ1) is 20.5. The van der Waals surface area contributed by atoms with Crippen LogP contribution in [0.1, 0.15) is 74.3 Å². The first-order valence-electron chi connectivity index (χ1n) is 22.4. The number of benzene rings is 3. The molecular weight excluding hydrogens is 640 g/mol. The maximum absolute atomic E-state index is 14.9. The molecule has 11 heteroatoms. The monoisotopic (exact) mass is 695 g/mol. The van der Waals surface area contributed by atoms with Crippen LogP contribution < -0.4 is 5.56 Å². The van der Waals surface area contributed by atoms with Crippen LogP contribution in [0.4, 0.5) is 17.6 Å². The molecule has 48 heavy (non-hydrogen) atoms. The number of hydrogen-bond donors (Lipinski definition) is 0. The standard InChI is InChI=1S/C37H40F4N4O2S/c1-4-43(5-2)19-20-44(22-26-9-13-28(14-10-26)29-15-18-32(25(3)21-29)37(39,40)41)34(46)23-45-33-8-6-7-31(33)35(47)42-36(45)48-24-27-11-16-30(38)17-12-27/h9-18,21H,4-8,19-20,22-24H2,1-3H3/i9D,10D,13D,14D,15D,18D,19D2,20D2,21D,22D2,24D2. The highest BCUT2D eigenvalue weighted by atomic mass is 32.2. The van der Waals surface area contributed by atoms with Crippen molar-refractivity contribution in [3.8, 4) is 11.1 Å². The van der Waals surface area contributed by atoms with Crippen LogP contribution in [0, 0.1) is 12.7 Å². The molecule has 0 fully saturated rings. The number of fused-ring (bicyclic) bond motifs is 1. The summed E-state index contributed by atoms with van der Waals surface area (Å²) in [5.41, 5.74) is -8.88. The number of likely N-dealkylation sites (N-methyl/N-ethyl adjacent to an activating group) is 1. The van der Waals surface area contributed by atoms with Crippen LogP contribution >= 0.6 is 11.8 Å². The van der Waals surface area contributed by atoms with E-state index >= 15 is 0 Å². The molecule has 1 aromatic heterocycles. The van der Waals surface area contributed by atoms with Gasteiger partial charge in [-0.05, 0) is 85.3 Å². The van der Waals surface area contributed by atoms with Gasteiger partial charge in [-0.15, -0.1) is 0 Å². The maximum atomic E-state index is 14.9. The minimum Gasteiger partial charge on any atom is -0.336 e. The number of nitrogens with zero attached hydrogens (tertiary/aromatic N) is 4. The Morgan fingerprint density at radius 1 is 1.00 bits per heavy atom. The lowest BCUT2D eigenvalue weighted by molar-refractivity contribution is -0.138. The third kappa shape index (κ3) is 8.54. The maximum Gasteiger partial charge on any atom is 0.416 e. The Morgan fingerprint density at radius 3 is 2.35 bits per heavy atom. The third-order valence-corrected chi connectivity index (χ3v) is 8.15. The zero-order chi connectivity index (χ0) is 47.7. The Morgan fingerprint density at radius 2 is 1.69 bits per heavy atom. The summed E-state index contributed by atoms with van der Waals surface area (Å²) in [6.07, 6.45) is -4.59. The summed E-state index contributed by atoms with van der Waals surface area (Å²) in [6.45, 7) is -8.81. The SMILES string of the molecule is [2H]c1c([2H])c(C([2H])([2H])N(C(=O)Cn2c(SC([2H])([2H])c3ccc(F)cc3)nc(=O)c3c2CCC3)C([2H])([2H])C([2H])([2H])N(CC)CC)c([2H])c([2H])c1-c1c([2H])c([2H])c(C(F)(F)F)c(C)c1[2H]. The van der Waals surface area contributed by atoms with Crippen LogP contribution in [0.2, 0.25) is 0 Å². The van der Waals surface area contributed by atoms with E-state index in [9.17, 15) is 32.6 Å². The second kappa shape index (κ2) is 15.5. The molecule has 0 unspecified atom stereocenters. The summed E-state index contributed by atoms with van der Waals surface area (Å²) in [5.74, 6) is -2.30. The smallest absolute Gasteiger partial charge is 0.336 e.